The van der Waals surface area contributed by atoms with E-state index in [9.17, 15) is 4.79 Å². The molecule has 2 aliphatic rings. The highest BCUT2D eigenvalue weighted by atomic mass is 35.5. The number of carbonyl (C=O) groups excluding carboxylic acids is 1. The summed E-state index contributed by atoms with van der Waals surface area (Å²) in [7, 11) is 0. The zero-order valence-corrected chi connectivity index (χ0v) is 18.3. The van der Waals surface area contributed by atoms with E-state index in [1.807, 2.05) is 16.5 Å². The maximum Gasteiger partial charge on any atom is 0.223 e. The first kappa shape index (κ1) is 24.2. The van der Waals surface area contributed by atoms with Gasteiger partial charge < -0.3 is 15.0 Å². The number of piperidine rings is 1. The molecule has 0 spiro atoms. The van der Waals surface area contributed by atoms with Gasteiger partial charge in [0.15, 0.2) is 0 Å². The highest BCUT2D eigenvalue weighted by molar-refractivity contribution is 5.85. The number of halogens is 2. The van der Waals surface area contributed by atoms with Crippen LogP contribution in [0.15, 0.2) is 6.07 Å². The van der Waals surface area contributed by atoms with E-state index in [2.05, 4.69) is 30.3 Å². The number of morpholine rings is 1. The predicted molar refractivity (Wildman–Crippen MR) is 112 cm³/mol. The van der Waals surface area contributed by atoms with E-state index < -0.39 is 0 Å². The summed E-state index contributed by atoms with van der Waals surface area (Å²) in [5.74, 6) is 1.35. The highest BCUT2D eigenvalue weighted by Gasteiger charge is 2.28. The van der Waals surface area contributed by atoms with Gasteiger partial charge in [0.2, 0.25) is 5.91 Å². The van der Waals surface area contributed by atoms with Crippen LogP contribution in [0.3, 0.4) is 0 Å². The summed E-state index contributed by atoms with van der Waals surface area (Å²) in [5, 5.41) is 7.97. The first-order chi connectivity index (χ1) is 12.0. The topological polar surface area (TPSA) is 59.4 Å². The molecule has 156 valence electrons. The van der Waals surface area contributed by atoms with Crippen LogP contribution >= 0.6 is 24.8 Å². The summed E-state index contributed by atoms with van der Waals surface area (Å²) >= 11 is 0. The molecule has 2 saturated heterocycles. The Morgan fingerprint density at radius 1 is 1.41 bits per heavy atom. The van der Waals surface area contributed by atoms with Crippen LogP contribution in [0.4, 0.5) is 0 Å². The molecule has 1 N–H and O–H groups in total. The second-order valence-corrected chi connectivity index (χ2v) is 7.73. The minimum absolute atomic E-state index is 0. The molecule has 0 aliphatic carbocycles. The molecule has 2 aliphatic heterocycles. The van der Waals surface area contributed by atoms with Crippen molar-refractivity contribution in [2.75, 3.05) is 32.8 Å². The van der Waals surface area contributed by atoms with Crippen LogP contribution < -0.4 is 5.32 Å². The molecular weight excluding hydrogens is 387 g/mol. The molecule has 0 saturated carbocycles. The first-order valence-corrected chi connectivity index (χ1v) is 9.64. The second-order valence-electron chi connectivity index (χ2n) is 7.73. The number of hydrogen-bond acceptors (Lipinski definition) is 4. The van der Waals surface area contributed by atoms with Crippen molar-refractivity contribution < 1.29 is 9.53 Å². The van der Waals surface area contributed by atoms with Crippen molar-refractivity contribution >= 4 is 30.7 Å². The maximum absolute atomic E-state index is 12.7. The van der Waals surface area contributed by atoms with Gasteiger partial charge in [-0.1, -0.05) is 6.92 Å². The predicted octanol–water partition coefficient (Wildman–Crippen LogP) is 2.60. The molecule has 3 unspecified atom stereocenters. The lowest BCUT2D eigenvalue weighted by Gasteiger charge is -2.35. The minimum Gasteiger partial charge on any atom is -0.373 e. The molecule has 0 aromatic carbocycles. The number of carbonyl (C=O) groups is 1. The van der Waals surface area contributed by atoms with Crippen LogP contribution in [0, 0.1) is 25.7 Å². The Bertz CT molecular complexity index is 590. The van der Waals surface area contributed by atoms with Crippen molar-refractivity contribution in [1.29, 1.82) is 0 Å². The minimum atomic E-state index is 0. The van der Waals surface area contributed by atoms with Gasteiger partial charge in [-0.25, -0.2) is 0 Å². The Morgan fingerprint density at radius 2 is 2.19 bits per heavy atom. The van der Waals surface area contributed by atoms with Crippen LogP contribution in [-0.4, -0.2) is 59.5 Å². The summed E-state index contributed by atoms with van der Waals surface area (Å²) < 4.78 is 7.87. The number of nitrogens with zero attached hydrogens (tertiary/aromatic N) is 3. The third kappa shape index (κ3) is 6.63. The van der Waals surface area contributed by atoms with Gasteiger partial charge in [0.1, 0.15) is 0 Å². The number of aryl methyl sites for hydroxylation is 2. The monoisotopic (exact) mass is 420 g/mol. The van der Waals surface area contributed by atoms with Gasteiger partial charge in [-0.15, -0.1) is 24.8 Å². The smallest absolute Gasteiger partial charge is 0.223 e. The lowest BCUT2D eigenvalue weighted by molar-refractivity contribution is -0.140. The number of ether oxygens (including phenoxy) is 1. The van der Waals surface area contributed by atoms with Crippen LogP contribution in [0.2, 0.25) is 0 Å². The molecule has 6 nitrogen and oxygen atoms in total. The molecule has 1 aromatic heterocycles. The van der Waals surface area contributed by atoms with Crippen LogP contribution in [0.1, 0.15) is 37.6 Å². The standard InChI is InChI=1S/C19H32N4O2.2ClH/c1-14(17-5-4-6-20-11-17)9-19(24)22-7-8-25-18(12-22)13-23-16(3)10-15(2)21-23;;/h10,14,17-18,20H,4-9,11-13H2,1-3H3;2*1H. The average Bonchev–Trinajstić information content (AvgIpc) is 2.93. The molecule has 3 atom stereocenters. The number of nitrogens with one attached hydrogen (secondary N) is 1. The summed E-state index contributed by atoms with van der Waals surface area (Å²) in [6.07, 6.45) is 3.15. The van der Waals surface area contributed by atoms with Crippen LogP contribution in [0.5, 0.6) is 0 Å². The Hall–Kier alpha value is -0.820. The Morgan fingerprint density at radius 3 is 2.81 bits per heavy atom. The molecule has 1 amide bonds. The van der Waals surface area contributed by atoms with E-state index in [0.29, 0.717) is 44.5 Å². The summed E-state index contributed by atoms with van der Waals surface area (Å²) in [5.41, 5.74) is 2.17. The summed E-state index contributed by atoms with van der Waals surface area (Å²) in [6, 6.07) is 2.08. The largest absolute Gasteiger partial charge is 0.373 e. The maximum atomic E-state index is 12.7. The lowest BCUT2D eigenvalue weighted by Crippen LogP contribution is -2.48. The van der Waals surface area contributed by atoms with Gasteiger partial charge in [-0.3, -0.25) is 9.48 Å². The van der Waals surface area contributed by atoms with Gasteiger partial charge in [0.25, 0.3) is 0 Å². The molecule has 0 radical (unpaired) electrons. The Labute approximate surface area is 175 Å². The van der Waals surface area contributed by atoms with Crippen molar-refractivity contribution in [1.82, 2.24) is 20.0 Å². The molecular formula is C19H34Cl2N4O2. The van der Waals surface area contributed by atoms with Crippen molar-refractivity contribution in [3.63, 3.8) is 0 Å². The fraction of sp³-hybridized carbons (Fsp3) is 0.789. The van der Waals surface area contributed by atoms with E-state index in [-0.39, 0.29) is 36.8 Å². The van der Waals surface area contributed by atoms with Gasteiger partial charge in [0.05, 0.1) is 24.9 Å². The first-order valence-electron chi connectivity index (χ1n) is 9.64. The average molecular weight is 421 g/mol. The summed E-state index contributed by atoms with van der Waals surface area (Å²) in [6.45, 7) is 11.2. The number of amides is 1. The lowest BCUT2D eigenvalue weighted by atomic mass is 9.85. The van der Waals surface area contributed by atoms with Gasteiger partial charge in [0, 0.05) is 25.2 Å². The molecule has 1 aromatic rings. The van der Waals surface area contributed by atoms with E-state index in [4.69, 9.17) is 4.74 Å². The summed E-state index contributed by atoms with van der Waals surface area (Å²) in [4.78, 5) is 14.7. The third-order valence-electron chi connectivity index (χ3n) is 5.61. The SMILES string of the molecule is Cc1cc(C)n(CC2CN(C(=O)CC(C)C3CCCNC3)CCO2)n1.Cl.Cl. The molecule has 0 bridgehead atoms. The normalized spacial score (nSPS) is 23.9. The molecule has 8 heteroatoms. The third-order valence-corrected chi connectivity index (χ3v) is 5.61. The molecule has 3 rings (SSSR count). The van der Waals surface area contributed by atoms with E-state index in [0.717, 1.165) is 24.5 Å². The molecule has 3 heterocycles. The Kier molecular flexibility index (Phi) is 10.1. The Balaban J connectivity index is 0.00000182. The number of rotatable bonds is 5. The number of hydrogen-bond donors (Lipinski definition) is 1. The number of aromatic nitrogens is 2. The zero-order chi connectivity index (χ0) is 17.8. The van der Waals surface area contributed by atoms with E-state index >= 15 is 0 Å². The quantitative estimate of drug-likeness (QED) is 0.794. The van der Waals surface area contributed by atoms with Crippen molar-refractivity contribution in [2.24, 2.45) is 11.8 Å². The van der Waals surface area contributed by atoms with Crippen LogP contribution in [-0.2, 0) is 16.1 Å². The van der Waals surface area contributed by atoms with Gasteiger partial charge in [-0.05, 0) is 57.7 Å². The second kappa shape index (κ2) is 11.2. The van der Waals surface area contributed by atoms with Crippen molar-refractivity contribution in [2.45, 2.75) is 52.7 Å². The zero-order valence-electron chi connectivity index (χ0n) is 16.6. The fourth-order valence-electron chi connectivity index (χ4n) is 4.04. The van der Waals surface area contributed by atoms with Crippen LogP contribution in [0.25, 0.3) is 0 Å². The van der Waals surface area contributed by atoms with Gasteiger partial charge in [-0.2, -0.15) is 5.10 Å². The van der Waals surface area contributed by atoms with Crippen molar-refractivity contribution in [3.8, 4) is 0 Å². The molecule has 2 fully saturated rings. The van der Waals surface area contributed by atoms with E-state index in [1.165, 1.54) is 12.8 Å². The fourth-order valence-corrected chi connectivity index (χ4v) is 4.04. The van der Waals surface area contributed by atoms with Gasteiger partial charge >= 0.3 is 0 Å². The van der Waals surface area contributed by atoms with E-state index in [1.54, 1.807) is 0 Å². The van der Waals surface area contributed by atoms with Crippen molar-refractivity contribution in [3.05, 3.63) is 17.5 Å². The molecule has 27 heavy (non-hydrogen) atoms. The highest BCUT2D eigenvalue weighted by Crippen LogP contribution is 2.23.